The molecule has 1 heterocycles. The molecule has 0 radical (unpaired) electrons. The van der Waals surface area contributed by atoms with Crippen LogP contribution in [0.15, 0.2) is 53.8 Å². The summed E-state index contributed by atoms with van der Waals surface area (Å²) < 4.78 is 38.8. The summed E-state index contributed by atoms with van der Waals surface area (Å²) in [6.45, 7) is 0.176. The number of nitrogens with zero attached hydrogens (tertiary/aromatic N) is 3. The molecule has 10 heteroatoms. The lowest BCUT2D eigenvalue weighted by molar-refractivity contribution is -0.137. The predicted octanol–water partition coefficient (Wildman–Crippen LogP) is 4.22. The van der Waals surface area contributed by atoms with Crippen molar-refractivity contribution in [2.24, 2.45) is 5.18 Å². The van der Waals surface area contributed by atoms with Gasteiger partial charge < -0.3 is 19.8 Å². The van der Waals surface area contributed by atoms with Crippen LogP contribution in [-0.2, 0) is 17.5 Å². The van der Waals surface area contributed by atoms with Crippen LogP contribution in [0.3, 0.4) is 0 Å². The van der Waals surface area contributed by atoms with Crippen molar-refractivity contribution in [1.29, 1.82) is 5.26 Å². The highest BCUT2D eigenvalue weighted by atomic mass is 19.4. The number of hydrogen-bond acceptors (Lipinski definition) is 6. The van der Waals surface area contributed by atoms with Gasteiger partial charge in [0.15, 0.2) is 0 Å². The number of fused-ring (bicyclic) bond motifs is 1. The van der Waals surface area contributed by atoms with E-state index in [1.807, 2.05) is 6.07 Å². The predicted molar refractivity (Wildman–Crippen MR) is 105 cm³/mol. The fourth-order valence-corrected chi connectivity index (χ4v) is 2.66. The number of aromatic nitrogens is 1. The molecule has 0 aliphatic carbocycles. The van der Waals surface area contributed by atoms with Crippen LogP contribution in [0.25, 0.3) is 10.9 Å². The highest BCUT2D eigenvalue weighted by Gasteiger charge is 2.33. The number of rotatable bonds is 5. The Hall–Kier alpha value is -3.71. The Kier molecular flexibility index (Phi) is 7.27. The van der Waals surface area contributed by atoms with Gasteiger partial charge in [0.25, 0.3) is 0 Å². The Balaban J connectivity index is 0.000000216. The topological polar surface area (TPSA) is 107 Å². The fourth-order valence-electron chi connectivity index (χ4n) is 2.66. The summed E-state index contributed by atoms with van der Waals surface area (Å²) in [5.41, 5.74) is 0.158. The van der Waals surface area contributed by atoms with Crippen molar-refractivity contribution in [3.63, 3.8) is 0 Å². The molecule has 7 nitrogen and oxygen atoms in total. The standard InChI is InChI=1S/C11H10N2O3.C9H7F3N2/c14-7-10(15)6-13-4-3-8-1-2-9(12-16)5-11(8)13;1-14-7-3-2-6(5-13)8(4-7)9(10,11)12/h1-5,7,10,15H,6H2;2-4,14H,1H3. The first kappa shape index (κ1) is 22.6. The molecular weight excluding hydrogens is 401 g/mol. The van der Waals surface area contributed by atoms with Crippen molar-refractivity contribution in [2.75, 3.05) is 12.4 Å². The van der Waals surface area contributed by atoms with E-state index in [2.05, 4.69) is 10.5 Å². The summed E-state index contributed by atoms with van der Waals surface area (Å²) in [6.07, 6.45) is -3.29. The first-order valence-electron chi connectivity index (χ1n) is 8.58. The maximum Gasteiger partial charge on any atom is 0.417 e. The number of aldehydes is 1. The Morgan fingerprint density at radius 2 is 2.00 bits per heavy atom. The molecule has 1 atom stereocenters. The largest absolute Gasteiger partial charge is 0.417 e. The number of nitroso groups, excluding NO2 is 1. The molecule has 0 aliphatic heterocycles. The number of aliphatic hydroxyl groups excluding tert-OH is 1. The second-order valence-electron chi connectivity index (χ2n) is 6.13. The van der Waals surface area contributed by atoms with Gasteiger partial charge in [-0.2, -0.15) is 18.4 Å². The number of benzene rings is 2. The Morgan fingerprint density at radius 1 is 1.27 bits per heavy atom. The van der Waals surface area contributed by atoms with Crippen molar-refractivity contribution >= 4 is 28.6 Å². The van der Waals surface area contributed by atoms with Gasteiger partial charge in [-0.25, -0.2) is 0 Å². The molecule has 0 amide bonds. The number of nitrogens with one attached hydrogen (secondary N) is 1. The van der Waals surface area contributed by atoms with Crippen molar-refractivity contribution in [3.8, 4) is 6.07 Å². The first-order chi connectivity index (χ1) is 14.2. The average Bonchev–Trinajstić information content (AvgIpc) is 3.14. The lowest BCUT2D eigenvalue weighted by Gasteiger charge is -2.10. The molecule has 0 fully saturated rings. The van der Waals surface area contributed by atoms with Crippen LogP contribution in [0.1, 0.15) is 11.1 Å². The third-order valence-electron chi connectivity index (χ3n) is 4.14. The summed E-state index contributed by atoms with van der Waals surface area (Å²) >= 11 is 0. The second-order valence-corrected chi connectivity index (χ2v) is 6.13. The molecule has 1 aromatic heterocycles. The molecule has 3 aromatic rings. The molecule has 30 heavy (non-hydrogen) atoms. The third kappa shape index (κ3) is 5.42. The van der Waals surface area contributed by atoms with Crippen molar-refractivity contribution in [1.82, 2.24) is 4.57 Å². The van der Waals surface area contributed by atoms with E-state index in [0.29, 0.717) is 17.7 Å². The van der Waals surface area contributed by atoms with Gasteiger partial charge in [-0.1, -0.05) is 6.07 Å². The van der Waals surface area contributed by atoms with E-state index >= 15 is 0 Å². The van der Waals surface area contributed by atoms with Gasteiger partial charge in [-0.3, -0.25) is 0 Å². The molecule has 0 spiro atoms. The third-order valence-corrected chi connectivity index (χ3v) is 4.14. The normalized spacial score (nSPS) is 11.7. The maximum absolute atomic E-state index is 12.4. The van der Waals surface area contributed by atoms with Gasteiger partial charge in [0, 0.05) is 18.9 Å². The van der Waals surface area contributed by atoms with Gasteiger partial charge in [-0.15, -0.1) is 4.91 Å². The van der Waals surface area contributed by atoms with E-state index in [1.54, 1.807) is 29.0 Å². The number of hydrogen-bond donors (Lipinski definition) is 2. The van der Waals surface area contributed by atoms with Crippen LogP contribution >= 0.6 is 0 Å². The lowest BCUT2D eigenvalue weighted by Crippen LogP contribution is -2.16. The van der Waals surface area contributed by atoms with E-state index in [-0.39, 0.29) is 12.1 Å². The Morgan fingerprint density at radius 3 is 2.57 bits per heavy atom. The fraction of sp³-hybridized carbons (Fsp3) is 0.200. The van der Waals surface area contributed by atoms with E-state index in [4.69, 9.17) is 5.26 Å². The number of aliphatic hydroxyl groups is 1. The maximum atomic E-state index is 12.4. The number of carbonyl (C=O) groups excluding carboxylic acids is 1. The van der Waals surface area contributed by atoms with Crippen molar-refractivity contribution < 1.29 is 23.1 Å². The van der Waals surface area contributed by atoms with Crippen LogP contribution in [0.5, 0.6) is 0 Å². The van der Waals surface area contributed by atoms with E-state index < -0.39 is 17.8 Å². The summed E-state index contributed by atoms with van der Waals surface area (Å²) in [6, 6.07) is 11.9. The second kappa shape index (κ2) is 9.67. The quantitative estimate of drug-likeness (QED) is 0.477. The zero-order chi connectivity index (χ0) is 22.3. The van der Waals surface area contributed by atoms with Crippen LogP contribution in [0.4, 0.5) is 24.5 Å². The Bertz CT molecular complexity index is 1090. The number of anilines is 1. The minimum absolute atomic E-state index is 0.176. The SMILES string of the molecule is CNc1ccc(C#N)c(C(F)(F)F)c1.O=CC(O)Cn1ccc2ccc(N=O)cc21. The minimum Gasteiger partial charge on any atom is -0.388 e. The molecule has 3 rings (SSSR count). The van der Waals surface area contributed by atoms with Crippen molar-refractivity contribution in [2.45, 2.75) is 18.8 Å². The van der Waals surface area contributed by atoms with E-state index in [9.17, 15) is 28.0 Å². The summed E-state index contributed by atoms with van der Waals surface area (Å²) in [7, 11) is 1.52. The molecular formula is C20H17F3N4O3. The number of carbonyl (C=O) groups is 1. The minimum atomic E-state index is -4.49. The average molecular weight is 418 g/mol. The molecule has 1 unspecified atom stereocenters. The zero-order valence-electron chi connectivity index (χ0n) is 15.7. The summed E-state index contributed by atoms with van der Waals surface area (Å²) in [4.78, 5) is 20.8. The van der Waals surface area contributed by atoms with Crippen LogP contribution < -0.4 is 5.32 Å². The molecule has 0 bridgehead atoms. The van der Waals surface area contributed by atoms with Crippen LogP contribution in [0.2, 0.25) is 0 Å². The summed E-state index contributed by atoms with van der Waals surface area (Å²) in [5.74, 6) is 0. The van der Waals surface area contributed by atoms with Gasteiger partial charge in [0.1, 0.15) is 18.1 Å². The highest BCUT2D eigenvalue weighted by Crippen LogP contribution is 2.33. The molecule has 2 N–H and O–H groups in total. The van der Waals surface area contributed by atoms with Crippen molar-refractivity contribution in [3.05, 3.63) is 64.7 Å². The van der Waals surface area contributed by atoms with E-state index in [1.165, 1.54) is 19.2 Å². The number of alkyl halides is 3. The lowest BCUT2D eigenvalue weighted by atomic mass is 10.1. The molecule has 2 aromatic carbocycles. The first-order valence-corrected chi connectivity index (χ1v) is 8.58. The van der Waals surface area contributed by atoms with Gasteiger partial charge in [0.05, 0.1) is 29.3 Å². The van der Waals surface area contributed by atoms with Crippen LogP contribution in [-0.4, -0.2) is 29.1 Å². The zero-order valence-corrected chi connectivity index (χ0v) is 15.7. The van der Waals surface area contributed by atoms with Gasteiger partial charge >= 0.3 is 6.18 Å². The Labute approximate surface area is 169 Å². The van der Waals surface area contributed by atoms with E-state index in [0.717, 1.165) is 23.0 Å². The highest BCUT2D eigenvalue weighted by molar-refractivity contribution is 5.83. The van der Waals surface area contributed by atoms with Gasteiger partial charge in [0.2, 0.25) is 0 Å². The van der Waals surface area contributed by atoms with Gasteiger partial charge in [-0.05, 0) is 47.0 Å². The van der Waals surface area contributed by atoms with Crippen LogP contribution in [0, 0.1) is 16.2 Å². The number of nitriles is 1. The molecule has 156 valence electrons. The molecule has 0 aliphatic rings. The monoisotopic (exact) mass is 418 g/mol. The summed E-state index contributed by atoms with van der Waals surface area (Å²) in [5, 5.41) is 24.1. The molecule has 0 saturated carbocycles. The smallest absolute Gasteiger partial charge is 0.388 e. The molecule has 0 saturated heterocycles. The number of halogens is 3.